The molecule has 0 atom stereocenters. The Bertz CT molecular complexity index is 455. The number of fused-ring (bicyclic) bond motifs is 1. The summed E-state index contributed by atoms with van der Waals surface area (Å²) in [5.74, 6) is 0. The fraction of sp³-hybridized carbons (Fsp3) is 0.250. The van der Waals surface area contributed by atoms with Crippen molar-refractivity contribution in [1.82, 2.24) is 15.0 Å². The van der Waals surface area contributed by atoms with Gasteiger partial charge in [0.2, 0.25) is 0 Å². The molecule has 4 heteroatoms. The van der Waals surface area contributed by atoms with Gasteiger partial charge in [0.15, 0.2) is 5.65 Å². The summed E-state index contributed by atoms with van der Waals surface area (Å²) in [6.45, 7) is 2.04. The van der Waals surface area contributed by atoms with Gasteiger partial charge in [0, 0.05) is 6.20 Å². The Morgan fingerprint density at radius 1 is 1.50 bits per heavy atom. The first kappa shape index (κ1) is 7.09. The van der Waals surface area contributed by atoms with Crippen molar-refractivity contribution in [2.75, 3.05) is 0 Å². The van der Waals surface area contributed by atoms with Crippen LogP contribution in [0.15, 0.2) is 17.1 Å². The molecule has 2 heterocycles. The number of imidazole rings is 1. The summed E-state index contributed by atoms with van der Waals surface area (Å²) in [6.07, 6.45) is 2.60. The van der Waals surface area contributed by atoms with Crippen LogP contribution in [-0.2, 0) is 6.42 Å². The number of pyridine rings is 1. The minimum Gasteiger partial charge on any atom is -0.304 e. The number of nitrogens with one attached hydrogen (secondary N) is 2. The van der Waals surface area contributed by atoms with Crippen molar-refractivity contribution < 1.29 is 0 Å². The first-order valence-electron chi connectivity index (χ1n) is 3.87. The van der Waals surface area contributed by atoms with Crippen molar-refractivity contribution >= 4 is 11.2 Å². The van der Waals surface area contributed by atoms with Crippen LogP contribution in [-0.4, -0.2) is 15.0 Å². The van der Waals surface area contributed by atoms with E-state index in [0.29, 0.717) is 5.65 Å². The van der Waals surface area contributed by atoms with E-state index in [-0.39, 0.29) is 5.69 Å². The number of H-pyrrole nitrogens is 2. The Kier molecular flexibility index (Phi) is 1.46. The molecule has 0 saturated heterocycles. The normalized spacial score (nSPS) is 10.8. The van der Waals surface area contributed by atoms with Gasteiger partial charge in [-0.05, 0) is 18.1 Å². The molecule has 0 radical (unpaired) electrons. The molecule has 0 saturated carbocycles. The fourth-order valence-corrected chi connectivity index (χ4v) is 1.28. The molecule has 4 nitrogen and oxygen atoms in total. The van der Waals surface area contributed by atoms with Crippen LogP contribution in [0.3, 0.4) is 0 Å². The van der Waals surface area contributed by atoms with Crippen molar-refractivity contribution in [3.8, 4) is 0 Å². The van der Waals surface area contributed by atoms with Crippen LogP contribution in [0.2, 0.25) is 0 Å². The number of hydrogen-bond acceptors (Lipinski definition) is 2. The average Bonchev–Trinajstić information content (AvgIpc) is 2.44. The fourth-order valence-electron chi connectivity index (χ4n) is 1.28. The van der Waals surface area contributed by atoms with E-state index in [4.69, 9.17) is 0 Å². The van der Waals surface area contributed by atoms with Gasteiger partial charge in [-0.25, -0.2) is 9.78 Å². The smallest absolute Gasteiger partial charge is 0.304 e. The molecular weight excluding hydrogens is 154 g/mol. The maximum atomic E-state index is 10.9. The topological polar surface area (TPSA) is 61.5 Å². The highest BCUT2D eigenvalue weighted by Crippen LogP contribution is 2.09. The summed E-state index contributed by atoms with van der Waals surface area (Å²) >= 11 is 0. The zero-order chi connectivity index (χ0) is 8.55. The number of aromatic nitrogens is 3. The van der Waals surface area contributed by atoms with Crippen LogP contribution in [0.1, 0.15) is 12.5 Å². The zero-order valence-electron chi connectivity index (χ0n) is 6.72. The molecule has 0 unspecified atom stereocenters. The molecule has 0 spiro atoms. The van der Waals surface area contributed by atoms with Gasteiger partial charge in [-0.3, -0.25) is 4.98 Å². The first-order chi connectivity index (χ1) is 5.81. The number of aryl methyl sites for hydroxylation is 1. The third-order valence-electron chi connectivity index (χ3n) is 1.89. The molecule has 0 aromatic carbocycles. The standard InChI is InChI=1S/C8H9N3O/c1-2-5-3-4-9-7-6(5)10-8(12)11-7/h3-4H,2H2,1H3,(H2,9,10,11,12). The van der Waals surface area contributed by atoms with Crippen molar-refractivity contribution in [1.29, 1.82) is 0 Å². The van der Waals surface area contributed by atoms with Crippen LogP contribution >= 0.6 is 0 Å². The largest absolute Gasteiger partial charge is 0.325 e. The second-order valence-corrected chi connectivity index (χ2v) is 2.63. The van der Waals surface area contributed by atoms with Crippen LogP contribution in [0.5, 0.6) is 0 Å². The van der Waals surface area contributed by atoms with Crippen molar-refractivity contribution in [3.05, 3.63) is 28.3 Å². The van der Waals surface area contributed by atoms with Crippen molar-refractivity contribution in [2.24, 2.45) is 0 Å². The van der Waals surface area contributed by atoms with Crippen LogP contribution in [0, 0.1) is 0 Å². The molecule has 0 aliphatic rings. The highest BCUT2D eigenvalue weighted by Gasteiger charge is 2.02. The average molecular weight is 163 g/mol. The summed E-state index contributed by atoms with van der Waals surface area (Å²) in [4.78, 5) is 20.2. The third-order valence-corrected chi connectivity index (χ3v) is 1.89. The van der Waals surface area contributed by atoms with Crippen LogP contribution in [0.25, 0.3) is 11.2 Å². The molecule has 0 aliphatic heterocycles. The highest BCUT2D eigenvalue weighted by molar-refractivity contribution is 5.73. The summed E-state index contributed by atoms with van der Waals surface area (Å²) < 4.78 is 0. The number of rotatable bonds is 1. The molecular formula is C8H9N3O. The van der Waals surface area contributed by atoms with E-state index in [1.165, 1.54) is 0 Å². The summed E-state index contributed by atoms with van der Waals surface area (Å²) in [6, 6.07) is 1.91. The molecule has 2 aromatic rings. The maximum Gasteiger partial charge on any atom is 0.325 e. The highest BCUT2D eigenvalue weighted by atomic mass is 16.1. The van der Waals surface area contributed by atoms with Gasteiger partial charge in [0.25, 0.3) is 0 Å². The zero-order valence-corrected chi connectivity index (χ0v) is 6.72. The molecule has 2 rings (SSSR count). The lowest BCUT2D eigenvalue weighted by Gasteiger charge is -1.95. The Hall–Kier alpha value is -1.58. The Labute approximate surface area is 68.7 Å². The lowest BCUT2D eigenvalue weighted by Crippen LogP contribution is -1.99. The molecule has 0 fully saturated rings. The minimum absolute atomic E-state index is 0.196. The minimum atomic E-state index is -0.196. The van der Waals surface area contributed by atoms with Gasteiger partial charge >= 0.3 is 5.69 Å². The van der Waals surface area contributed by atoms with Gasteiger partial charge < -0.3 is 4.98 Å². The van der Waals surface area contributed by atoms with Crippen molar-refractivity contribution in [3.63, 3.8) is 0 Å². The van der Waals surface area contributed by atoms with Crippen molar-refractivity contribution in [2.45, 2.75) is 13.3 Å². The number of hydrogen-bond donors (Lipinski definition) is 2. The van der Waals surface area contributed by atoms with E-state index in [1.807, 2.05) is 13.0 Å². The van der Waals surface area contributed by atoms with Crippen LogP contribution < -0.4 is 5.69 Å². The van der Waals surface area contributed by atoms with E-state index < -0.39 is 0 Å². The van der Waals surface area contributed by atoms with E-state index in [1.54, 1.807) is 6.20 Å². The molecule has 2 aromatic heterocycles. The monoisotopic (exact) mass is 163 g/mol. The molecule has 2 N–H and O–H groups in total. The molecule has 0 aliphatic carbocycles. The molecule has 12 heavy (non-hydrogen) atoms. The van der Waals surface area contributed by atoms with E-state index >= 15 is 0 Å². The lowest BCUT2D eigenvalue weighted by atomic mass is 10.2. The van der Waals surface area contributed by atoms with Gasteiger partial charge in [-0.2, -0.15) is 0 Å². The van der Waals surface area contributed by atoms with E-state index in [2.05, 4.69) is 15.0 Å². The van der Waals surface area contributed by atoms with E-state index in [0.717, 1.165) is 17.5 Å². The Morgan fingerprint density at radius 3 is 3.08 bits per heavy atom. The summed E-state index contributed by atoms with van der Waals surface area (Å²) in [5.41, 5.74) is 2.38. The maximum absolute atomic E-state index is 10.9. The molecule has 62 valence electrons. The number of nitrogens with zero attached hydrogens (tertiary/aromatic N) is 1. The molecule has 0 bridgehead atoms. The lowest BCUT2D eigenvalue weighted by molar-refractivity contribution is 1.14. The van der Waals surface area contributed by atoms with Crippen LogP contribution in [0.4, 0.5) is 0 Å². The Morgan fingerprint density at radius 2 is 2.33 bits per heavy atom. The second kappa shape index (κ2) is 2.48. The first-order valence-corrected chi connectivity index (χ1v) is 3.87. The third kappa shape index (κ3) is 0.922. The predicted octanol–water partition coefficient (Wildman–Crippen LogP) is 0.814. The van der Waals surface area contributed by atoms with E-state index in [9.17, 15) is 4.79 Å². The van der Waals surface area contributed by atoms with Gasteiger partial charge in [-0.15, -0.1) is 0 Å². The van der Waals surface area contributed by atoms with Gasteiger partial charge in [0.05, 0.1) is 5.52 Å². The second-order valence-electron chi connectivity index (χ2n) is 2.63. The predicted molar refractivity (Wildman–Crippen MR) is 46.1 cm³/mol. The summed E-state index contributed by atoms with van der Waals surface area (Å²) in [5, 5.41) is 0. The molecule has 0 amide bonds. The number of aromatic amines is 2. The SMILES string of the molecule is CCc1ccnc2[nH]c(=O)[nH]c12. The van der Waals surface area contributed by atoms with Gasteiger partial charge in [-0.1, -0.05) is 6.92 Å². The quantitative estimate of drug-likeness (QED) is 0.653. The Balaban J connectivity index is 2.87. The summed E-state index contributed by atoms with van der Waals surface area (Å²) in [7, 11) is 0. The van der Waals surface area contributed by atoms with Gasteiger partial charge in [0.1, 0.15) is 0 Å².